The first-order chi connectivity index (χ1) is 7.33. The molecule has 0 saturated carbocycles. The van der Waals surface area contributed by atoms with Gasteiger partial charge in [-0.25, -0.2) is 0 Å². The molecule has 0 bridgehead atoms. The van der Waals surface area contributed by atoms with E-state index < -0.39 is 30.7 Å². The van der Waals surface area contributed by atoms with Crippen molar-refractivity contribution in [1.29, 1.82) is 0 Å². The number of rotatable bonds is 7. The van der Waals surface area contributed by atoms with Crippen LogP contribution in [-0.2, 0) is 0 Å². The summed E-state index contributed by atoms with van der Waals surface area (Å²) in [5, 5.41) is 20.0. The molecular weight excluding hydrogens is 242 g/mol. The molecule has 0 amide bonds. The quantitative estimate of drug-likeness (QED) is 0.605. The van der Waals surface area contributed by atoms with Gasteiger partial charge in [-0.05, 0) is 6.42 Å². The summed E-state index contributed by atoms with van der Waals surface area (Å²) in [5.41, 5.74) is -2.32. The summed E-state index contributed by atoms with van der Waals surface area (Å²) >= 11 is 0. The lowest BCUT2D eigenvalue weighted by atomic mass is 9.92. The van der Waals surface area contributed by atoms with E-state index in [0.29, 0.717) is 12.8 Å². The number of aliphatic hydroxyl groups excluding tert-OH is 2. The maximum atomic E-state index is 12.9. The zero-order valence-corrected chi connectivity index (χ0v) is 10.4. The first-order valence-electron chi connectivity index (χ1n) is 5.14. The molecule has 3 nitrogen and oxygen atoms in total. The van der Waals surface area contributed by atoms with Crippen LogP contribution in [0.4, 0.5) is 13.2 Å². The summed E-state index contributed by atoms with van der Waals surface area (Å²) in [6, 6.07) is 0. The Labute approximate surface area is 95.6 Å². The smallest absolute Gasteiger partial charge is 0.394 e. The average molecular weight is 261 g/mol. The van der Waals surface area contributed by atoms with Crippen LogP contribution in [0.25, 0.3) is 0 Å². The number of nitrogens with one attached hydrogen (secondary N) is 1. The van der Waals surface area contributed by atoms with E-state index in [-0.39, 0.29) is 6.42 Å². The predicted octanol–water partition coefficient (Wildman–Crippen LogP) is 1.25. The van der Waals surface area contributed by atoms with Crippen LogP contribution in [0.15, 0.2) is 0 Å². The van der Waals surface area contributed by atoms with Crippen LogP contribution in [0.3, 0.4) is 0 Å². The van der Waals surface area contributed by atoms with Gasteiger partial charge in [0.05, 0.1) is 13.2 Å². The number of aliphatic hydroxyl groups is 2. The maximum Gasteiger partial charge on any atom is 0.408 e. The van der Waals surface area contributed by atoms with Crippen LogP contribution in [0, 0.1) is 0 Å². The van der Waals surface area contributed by atoms with Crippen molar-refractivity contribution in [3.05, 3.63) is 0 Å². The van der Waals surface area contributed by atoms with Crippen molar-refractivity contribution in [3.8, 4) is 0 Å². The van der Waals surface area contributed by atoms with Gasteiger partial charge in [0.25, 0.3) is 0 Å². The molecule has 0 heterocycles. The number of halogens is 3. The molecule has 0 aromatic carbocycles. The highest BCUT2D eigenvalue weighted by Gasteiger charge is 2.54. The average Bonchev–Trinajstić information content (AvgIpc) is 2.22. The van der Waals surface area contributed by atoms with E-state index in [1.807, 2.05) is 0 Å². The van der Waals surface area contributed by atoms with Gasteiger partial charge in [-0.15, -0.1) is 9.24 Å². The molecule has 0 aromatic rings. The van der Waals surface area contributed by atoms with Gasteiger partial charge >= 0.3 is 6.18 Å². The lowest BCUT2D eigenvalue weighted by Crippen LogP contribution is -2.61. The first-order valence-corrected chi connectivity index (χ1v) is 5.81. The minimum absolute atomic E-state index is 0.200. The summed E-state index contributed by atoms with van der Waals surface area (Å²) in [7, 11) is 2.08. The molecule has 0 aliphatic heterocycles. The van der Waals surface area contributed by atoms with Crippen molar-refractivity contribution in [1.82, 2.24) is 5.32 Å². The minimum Gasteiger partial charge on any atom is -0.394 e. The summed E-state index contributed by atoms with van der Waals surface area (Å²) in [6.07, 6.45) is -3.77. The largest absolute Gasteiger partial charge is 0.408 e. The fraction of sp³-hybridized carbons (Fsp3) is 1.00. The normalized spacial score (nSPS) is 18.2. The molecular formula is C9H19F3NO2P. The molecule has 0 spiro atoms. The van der Waals surface area contributed by atoms with Crippen LogP contribution in [-0.4, -0.2) is 40.9 Å². The van der Waals surface area contributed by atoms with Gasteiger partial charge in [-0.2, -0.15) is 13.2 Å². The predicted molar refractivity (Wildman–Crippen MR) is 59.1 cm³/mol. The van der Waals surface area contributed by atoms with Gasteiger partial charge in [0.2, 0.25) is 0 Å². The molecule has 0 rings (SSSR count). The molecule has 3 atom stereocenters. The van der Waals surface area contributed by atoms with Gasteiger partial charge in [-0.1, -0.05) is 19.8 Å². The Morgan fingerprint density at radius 2 is 1.88 bits per heavy atom. The molecule has 0 aliphatic rings. The highest BCUT2D eigenvalue weighted by atomic mass is 31.0. The lowest BCUT2D eigenvalue weighted by Gasteiger charge is -2.37. The number of unbranched alkanes of at least 4 members (excludes halogenated alkanes) is 1. The molecule has 0 aromatic heterocycles. The molecule has 0 saturated heterocycles. The van der Waals surface area contributed by atoms with Crippen LogP contribution < -0.4 is 5.32 Å². The molecule has 0 fully saturated rings. The third kappa shape index (κ3) is 4.17. The minimum atomic E-state index is -4.54. The summed E-state index contributed by atoms with van der Waals surface area (Å²) < 4.78 is 38.6. The Balaban J connectivity index is 4.81. The molecule has 16 heavy (non-hydrogen) atoms. The van der Waals surface area contributed by atoms with E-state index in [1.165, 1.54) is 0 Å². The second-order valence-corrected chi connectivity index (χ2v) is 4.58. The van der Waals surface area contributed by atoms with E-state index >= 15 is 0 Å². The standard InChI is InChI=1S/C9H19F3NO2P/c1-2-3-4-8(6-15,9(10,11)12)13-7(16)5-14/h7,13-15H,2-6,16H2,1H3/t7-,8?/m1/s1. The second kappa shape index (κ2) is 6.74. The van der Waals surface area contributed by atoms with Gasteiger partial charge in [0, 0.05) is 5.78 Å². The molecule has 0 aliphatic carbocycles. The van der Waals surface area contributed by atoms with Crippen molar-refractivity contribution >= 4 is 9.24 Å². The Hall–Kier alpha value is 0.100. The molecule has 0 radical (unpaired) electrons. The summed E-state index contributed by atoms with van der Waals surface area (Å²) in [6.45, 7) is 0.318. The number of hydrogen-bond donors (Lipinski definition) is 3. The van der Waals surface area contributed by atoms with E-state index in [2.05, 4.69) is 14.6 Å². The van der Waals surface area contributed by atoms with Crippen molar-refractivity contribution in [2.75, 3.05) is 13.2 Å². The van der Waals surface area contributed by atoms with Crippen molar-refractivity contribution in [2.45, 2.75) is 43.7 Å². The summed E-state index contributed by atoms with van der Waals surface area (Å²) in [4.78, 5) is 0. The summed E-state index contributed by atoms with van der Waals surface area (Å²) in [5.74, 6) is -0.786. The fourth-order valence-corrected chi connectivity index (χ4v) is 1.71. The van der Waals surface area contributed by atoms with Gasteiger partial charge in [0.1, 0.15) is 5.54 Å². The monoisotopic (exact) mass is 261 g/mol. The maximum absolute atomic E-state index is 12.9. The SMILES string of the molecule is CCCCC(CO)(N[C@H](P)CO)C(F)(F)F. The van der Waals surface area contributed by atoms with E-state index in [9.17, 15) is 13.2 Å². The zero-order valence-electron chi connectivity index (χ0n) is 9.22. The van der Waals surface area contributed by atoms with Gasteiger partial charge < -0.3 is 10.2 Å². The number of hydrogen-bond acceptors (Lipinski definition) is 3. The molecule has 7 heteroatoms. The zero-order chi connectivity index (χ0) is 12.8. The fourth-order valence-electron chi connectivity index (χ4n) is 1.39. The van der Waals surface area contributed by atoms with Crippen molar-refractivity contribution in [3.63, 3.8) is 0 Å². The van der Waals surface area contributed by atoms with E-state index in [4.69, 9.17) is 10.2 Å². The van der Waals surface area contributed by atoms with Gasteiger partial charge in [0.15, 0.2) is 0 Å². The van der Waals surface area contributed by atoms with E-state index in [1.54, 1.807) is 6.92 Å². The third-order valence-corrected chi connectivity index (χ3v) is 2.81. The van der Waals surface area contributed by atoms with Crippen LogP contribution in [0.5, 0.6) is 0 Å². The third-order valence-electron chi connectivity index (χ3n) is 2.43. The van der Waals surface area contributed by atoms with E-state index in [0.717, 1.165) is 0 Å². The lowest BCUT2D eigenvalue weighted by molar-refractivity contribution is -0.210. The molecule has 2 unspecified atom stereocenters. The highest BCUT2D eigenvalue weighted by Crippen LogP contribution is 2.35. The Morgan fingerprint density at radius 1 is 1.31 bits per heavy atom. The Bertz CT molecular complexity index is 204. The van der Waals surface area contributed by atoms with Crippen molar-refractivity contribution in [2.24, 2.45) is 0 Å². The highest BCUT2D eigenvalue weighted by molar-refractivity contribution is 7.17. The number of alkyl halides is 3. The Morgan fingerprint density at radius 3 is 2.19 bits per heavy atom. The van der Waals surface area contributed by atoms with Crippen LogP contribution in [0.2, 0.25) is 0 Å². The van der Waals surface area contributed by atoms with Crippen LogP contribution >= 0.6 is 9.24 Å². The first kappa shape index (κ1) is 16.1. The topological polar surface area (TPSA) is 52.5 Å². The van der Waals surface area contributed by atoms with Crippen LogP contribution in [0.1, 0.15) is 26.2 Å². The molecule has 98 valence electrons. The Kier molecular flexibility index (Phi) is 6.79. The van der Waals surface area contributed by atoms with Gasteiger partial charge in [-0.3, -0.25) is 5.32 Å². The van der Waals surface area contributed by atoms with Crippen molar-refractivity contribution < 1.29 is 23.4 Å². The molecule has 3 N–H and O–H groups in total. The second-order valence-electron chi connectivity index (χ2n) is 3.77.